The zero-order chi connectivity index (χ0) is 21.8. The molecule has 3 aromatic rings. The monoisotopic (exact) mass is 422 g/mol. The van der Waals surface area contributed by atoms with Gasteiger partial charge in [0.05, 0.1) is 45.0 Å². The molecule has 0 saturated carbocycles. The van der Waals surface area contributed by atoms with E-state index in [1.807, 2.05) is 18.2 Å². The zero-order valence-electron chi connectivity index (χ0n) is 18.0. The molecule has 0 unspecified atom stereocenters. The summed E-state index contributed by atoms with van der Waals surface area (Å²) in [5.74, 6) is 2.16. The van der Waals surface area contributed by atoms with Crippen LogP contribution in [0, 0.1) is 0 Å². The van der Waals surface area contributed by atoms with Gasteiger partial charge in [-0.2, -0.15) is 9.78 Å². The molecule has 1 fully saturated rings. The first-order valence-electron chi connectivity index (χ1n) is 10.2. The Morgan fingerprint density at radius 3 is 2.35 bits per heavy atom. The van der Waals surface area contributed by atoms with Crippen LogP contribution in [0.3, 0.4) is 0 Å². The number of ether oxygens (including phenoxy) is 3. The Hall–Kier alpha value is -3.39. The molecule has 31 heavy (non-hydrogen) atoms. The van der Waals surface area contributed by atoms with E-state index in [0.717, 1.165) is 25.9 Å². The normalized spacial score (nSPS) is 14.4. The topological polar surface area (TPSA) is 78.2 Å². The largest absolute Gasteiger partial charge is 0.493 e. The van der Waals surface area contributed by atoms with Gasteiger partial charge in [0.25, 0.3) is 5.56 Å². The second-order valence-corrected chi connectivity index (χ2v) is 7.35. The van der Waals surface area contributed by atoms with Crippen LogP contribution in [0.25, 0.3) is 10.9 Å². The molecule has 0 atom stereocenters. The van der Waals surface area contributed by atoms with Gasteiger partial charge in [-0.3, -0.25) is 9.69 Å². The number of benzene rings is 2. The highest BCUT2D eigenvalue weighted by atomic mass is 16.5. The molecule has 1 saturated heterocycles. The van der Waals surface area contributed by atoms with Crippen LogP contribution >= 0.6 is 0 Å². The van der Waals surface area contributed by atoms with E-state index in [0.29, 0.717) is 46.1 Å². The average molecular weight is 422 g/mol. The van der Waals surface area contributed by atoms with E-state index in [1.165, 1.54) is 4.68 Å². The lowest BCUT2D eigenvalue weighted by Gasteiger charge is -2.16. The van der Waals surface area contributed by atoms with Crippen LogP contribution in [-0.4, -0.2) is 55.2 Å². The van der Waals surface area contributed by atoms with Crippen molar-refractivity contribution in [3.63, 3.8) is 0 Å². The Kier molecular flexibility index (Phi) is 6.18. The van der Waals surface area contributed by atoms with Gasteiger partial charge < -0.3 is 14.2 Å². The van der Waals surface area contributed by atoms with Crippen molar-refractivity contribution >= 4 is 17.1 Å². The van der Waals surface area contributed by atoms with E-state index in [2.05, 4.69) is 10.0 Å². The van der Waals surface area contributed by atoms with Gasteiger partial charge in [0.2, 0.25) is 5.75 Å². The Labute approximate surface area is 180 Å². The summed E-state index contributed by atoms with van der Waals surface area (Å²) in [4.78, 5) is 20.3. The fraction of sp³-hybridized carbons (Fsp3) is 0.348. The van der Waals surface area contributed by atoms with Crippen LogP contribution in [0.1, 0.15) is 24.2 Å². The summed E-state index contributed by atoms with van der Waals surface area (Å²) in [7, 11) is 4.67. The molecular weight excluding hydrogens is 396 g/mol. The third-order valence-corrected chi connectivity index (χ3v) is 5.39. The second-order valence-electron chi connectivity index (χ2n) is 7.35. The highest BCUT2D eigenvalue weighted by Gasteiger charge is 2.17. The van der Waals surface area contributed by atoms with Crippen molar-refractivity contribution in [2.75, 3.05) is 34.4 Å². The van der Waals surface area contributed by atoms with E-state index in [1.54, 1.807) is 45.7 Å². The number of fused-ring (bicyclic) bond motifs is 1. The van der Waals surface area contributed by atoms with Crippen molar-refractivity contribution in [3.05, 3.63) is 58.1 Å². The summed E-state index contributed by atoms with van der Waals surface area (Å²) >= 11 is 0. The van der Waals surface area contributed by atoms with Crippen molar-refractivity contribution in [1.29, 1.82) is 0 Å². The molecule has 8 heteroatoms. The number of hydrogen-bond acceptors (Lipinski definition) is 7. The van der Waals surface area contributed by atoms with Crippen LogP contribution < -0.4 is 19.8 Å². The molecule has 162 valence electrons. The maximum atomic E-state index is 13.2. The number of methoxy groups -OCH3 is 3. The zero-order valence-corrected chi connectivity index (χ0v) is 18.0. The summed E-state index contributed by atoms with van der Waals surface area (Å²) in [6.07, 6.45) is 3.93. The molecule has 1 aromatic heterocycles. The van der Waals surface area contributed by atoms with Gasteiger partial charge in [0.1, 0.15) is 5.82 Å². The minimum absolute atomic E-state index is 0.191. The first-order valence-corrected chi connectivity index (χ1v) is 10.2. The van der Waals surface area contributed by atoms with E-state index < -0.39 is 0 Å². The number of nitrogens with zero attached hydrogens (tertiary/aromatic N) is 4. The first kappa shape index (κ1) is 20.9. The lowest BCUT2D eigenvalue weighted by atomic mass is 10.2. The smallest absolute Gasteiger partial charge is 0.282 e. The standard InChI is InChI=1S/C23H26N4O4/c1-29-19-12-16(13-20(30-2)22(19)31-3)14-24-27-21(15-26-10-6-7-11-26)25-18-9-5-4-8-17(18)23(27)28/h4-5,8-9,12-14H,6-7,10-11,15H2,1-3H3. The maximum Gasteiger partial charge on any atom is 0.282 e. The summed E-state index contributed by atoms with van der Waals surface area (Å²) in [5.41, 5.74) is 1.20. The van der Waals surface area contributed by atoms with Crippen molar-refractivity contribution in [2.24, 2.45) is 5.10 Å². The fourth-order valence-corrected chi connectivity index (χ4v) is 3.83. The van der Waals surface area contributed by atoms with Crippen LogP contribution in [0.5, 0.6) is 17.2 Å². The van der Waals surface area contributed by atoms with Crippen LogP contribution in [-0.2, 0) is 6.54 Å². The minimum atomic E-state index is -0.191. The van der Waals surface area contributed by atoms with E-state index >= 15 is 0 Å². The van der Waals surface area contributed by atoms with Crippen LogP contribution in [0.2, 0.25) is 0 Å². The molecule has 8 nitrogen and oxygen atoms in total. The van der Waals surface area contributed by atoms with Gasteiger partial charge in [0, 0.05) is 5.56 Å². The van der Waals surface area contributed by atoms with Gasteiger partial charge >= 0.3 is 0 Å². The molecule has 1 aliphatic rings. The summed E-state index contributed by atoms with van der Waals surface area (Å²) in [6.45, 7) is 2.57. The summed E-state index contributed by atoms with van der Waals surface area (Å²) in [6, 6.07) is 10.9. The Bertz CT molecular complexity index is 1140. The van der Waals surface area contributed by atoms with E-state index in [9.17, 15) is 4.79 Å². The first-order chi connectivity index (χ1) is 15.1. The third-order valence-electron chi connectivity index (χ3n) is 5.39. The van der Waals surface area contributed by atoms with Crippen LogP contribution in [0.15, 0.2) is 46.3 Å². The van der Waals surface area contributed by atoms with Gasteiger partial charge in [-0.05, 0) is 50.2 Å². The summed E-state index contributed by atoms with van der Waals surface area (Å²) in [5, 5.41) is 5.05. The molecular formula is C23H26N4O4. The molecule has 0 amide bonds. The predicted molar refractivity (Wildman–Crippen MR) is 120 cm³/mol. The quantitative estimate of drug-likeness (QED) is 0.545. The van der Waals surface area contributed by atoms with E-state index in [4.69, 9.17) is 19.2 Å². The van der Waals surface area contributed by atoms with Crippen LogP contribution in [0.4, 0.5) is 0 Å². The van der Waals surface area contributed by atoms with Crippen molar-refractivity contribution < 1.29 is 14.2 Å². The second kappa shape index (κ2) is 9.18. The molecule has 0 aliphatic carbocycles. The Balaban J connectivity index is 1.79. The van der Waals surface area contributed by atoms with Gasteiger partial charge in [0.15, 0.2) is 11.5 Å². The highest BCUT2D eigenvalue weighted by Crippen LogP contribution is 2.37. The Morgan fingerprint density at radius 2 is 1.71 bits per heavy atom. The molecule has 1 aliphatic heterocycles. The molecule has 0 bridgehead atoms. The summed E-state index contributed by atoms with van der Waals surface area (Å²) < 4.78 is 17.6. The Morgan fingerprint density at radius 1 is 1.03 bits per heavy atom. The van der Waals surface area contributed by atoms with Gasteiger partial charge in [-0.15, -0.1) is 0 Å². The highest BCUT2D eigenvalue weighted by molar-refractivity contribution is 5.83. The number of hydrogen-bond donors (Lipinski definition) is 0. The number of likely N-dealkylation sites (tertiary alicyclic amines) is 1. The van der Waals surface area contributed by atoms with E-state index in [-0.39, 0.29) is 5.56 Å². The average Bonchev–Trinajstić information content (AvgIpc) is 3.31. The lowest BCUT2D eigenvalue weighted by Crippen LogP contribution is -2.28. The SMILES string of the molecule is COc1cc(C=Nn2c(CN3CCCC3)nc3ccccc3c2=O)cc(OC)c1OC. The lowest BCUT2D eigenvalue weighted by molar-refractivity contribution is 0.316. The molecule has 2 aromatic carbocycles. The fourth-order valence-electron chi connectivity index (χ4n) is 3.83. The van der Waals surface area contributed by atoms with Crippen molar-refractivity contribution in [2.45, 2.75) is 19.4 Å². The minimum Gasteiger partial charge on any atom is -0.493 e. The third kappa shape index (κ3) is 4.25. The molecule has 0 N–H and O–H groups in total. The molecule has 0 spiro atoms. The maximum absolute atomic E-state index is 13.2. The molecule has 4 rings (SSSR count). The van der Waals surface area contributed by atoms with Crippen molar-refractivity contribution in [3.8, 4) is 17.2 Å². The number of aromatic nitrogens is 2. The van der Waals surface area contributed by atoms with Crippen molar-refractivity contribution in [1.82, 2.24) is 14.6 Å². The number of para-hydroxylation sites is 1. The van der Waals surface area contributed by atoms with Gasteiger partial charge in [-0.25, -0.2) is 4.98 Å². The number of rotatable bonds is 7. The molecule has 2 heterocycles. The predicted octanol–water partition coefficient (Wildman–Crippen LogP) is 2.90. The molecule has 0 radical (unpaired) electrons. The van der Waals surface area contributed by atoms with Gasteiger partial charge in [-0.1, -0.05) is 12.1 Å².